The van der Waals surface area contributed by atoms with E-state index in [4.69, 9.17) is 14.5 Å². The molecule has 0 radical (unpaired) electrons. The van der Waals surface area contributed by atoms with Crippen LogP contribution in [0, 0.1) is 23.7 Å². The Morgan fingerprint density at radius 1 is 1.09 bits per heavy atom. The van der Waals surface area contributed by atoms with E-state index >= 15 is 0 Å². The van der Waals surface area contributed by atoms with Gasteiger partial charge in [-0.3, -0.25) is 4.79 Å². The summed E-state index contributed by atoms with van der Waals surface area (Å²) in [6.45, 7) is 6.58. The third kappa shape index (κ3) is 2.82. The van der Waals surface area contributed by atoms with Crippen LogP contribution in [0.4, 0.5) is 0 Å². The zero-order chi connectivity index (χ0) is 22.1. The molecule has 1 spiro atoms. The summed E-state index contributed by atoms with van der Waals surface area (Å²) in [5.74, 6) is -0.0671. The molecule has 4 saturated heterocycles. The summed E-state index contributed by atoms with van der Waals surface area (Å²) in [6, 6.07) is 9.84. The van der Waals surface area contributed by atoms with Gasteiger partial charge >= 0.3 is 0 Å². The third-order valence-electron chi connectivity index (χ3n) is 8.25. The Balaban J connectivity index is 1.38. The van der Waals surface area contributed by atoms with E-state index in [1.54, 1.807) is 4.68 Å². The average molecular weight is 439 g/mol. The first kappa shape index (κ1) is 20.3. The van der Waals surface area contributed by atoms with Crippen LogP contribution < -0.4 is 0 Å². The maximum absolute atomic E-state index is 13.6. The molecule has 2 aromatic rings. The maximum atomic E-state index is 13.6. The number of rotatable bonds is 3. The fourth-order valence-corrected chi connectivity index (χ4v) is 6.57. The standard InChI is InChI=1S/C24H30N4O4/c1-15-9-10-20-16(2)21(29)27(13-17-14-28(26-25-17)18-7-5-4-6-8-18)22-24(20)19(15)11-12-23(3,30-22)31-32-24/h4-8,14-16,19-20,22H,9-13H2,1-3H3/t15-,16-,19+,20+,22-,23-,24-/m1/s1. The Labute approximate surface area is 187 Å². The lowest BCUT2D eigenvalue weighted by molar-refractivity contribution is -0.548. The minimum atomic E-state index is -0.849. The molecule has 5 heterocycles. The van der Waals surface area contributed by atoms with Crippen LogP contribution in [0.25, 0.3) is 5.69 Å². The van der Waals surface area contributed by atoms with Crippen LogP contribution in [0.3, 0.4) is 0 Å². The Morgan fingerprint density at radius 3 is 2.72 bits per heavy atom. The number of aromatic nitrogens is 3. The van der Waals surface area contributed by atoms with Crippen LogP contribution >= 0.6 is 0 Å². The molecule has 1 aromatic heterocycles. The van der Waals surface area contributed by atoms with Crippen molar-refractivity contribution in [3.63, 3.8) is 0 Å². The van der Waals surface area contributed by atoms with Crippen molar-refractivity contribution in [2.75, 3.05) is 0 Å². The molecule has 32 heavy (non-hydrogen) atoms. The molecule has 8 nitrogen and oxygen atoms in total. The molecule has 7 rings (SSSR count). The molecule has 1 amide bonds. The lowest BCUT2D eigenvalue weighted by atomic mass is 9.57. The van der Waals surface area contributed by atoms with Gasteiger partial charge in [-0.25, -0.2) is 14.5 Å². The van der Waals surface area contributed by atoms with E-state index in [0.717, 1.165) is 37.1 Å². The largest absolute Gasteiger partial charge is 0.321 e. The van der Waals surface area contributed by atoms with Crippen LogP contribution in [0.5, 0.6) is 0 Å². The summed E-state index contributed by atoms with van der Waals surface area (Å²) in [6.07, 6.45) is 5.17. The average Bonchev–Trinajstić information content (AvgIpc) is 3.15. The topological polar surface area (TPSA) is 78.7 Å². The van der Waals surface area contributed by atoms with Gasteiger partial charge in [-0.1, -0.05) is 37.3 Å². The Bertz CT molecular complexity index is 1030. The first-order chi connectivity index (χ1) is 15.4. The summed E-state index contributed by atoms with van der Waals surface area (Å²) in [4.78, 5) is 27.7. The second-order valence-electron chi connectivity index (χ2n) is 10.2. The van der Waals surface area contributed by atoms with Gasteiger partial charge in [-0.05, 0) is 50.2 Å². The zero-order valence-electron chi connectivity index (χ0n) is 18.8. The van der Waals surface area contributed by atoms with Gasteiger partial charge in [-0.15, -0.1) is 5.10 Å². The van der Waals surface area contributed by atoms with Crippen LogP contribution in [0.1, 0.15) is 52.1 Å². The second kappa shape index (κ2) is 7.10. The number of hydrogen-bond acceptors (Lipinski definition) is 6. The number of carbonyl (C=O) groups is 1. The summed E-state index contributed by atoms with van der Waals surface area (Å²) in [7, 11) is 0. The van der Waals surface area contributed by atoms with Crippen molar-refractivity contribution in [2.45, 2.75) is 70.6 Å². The van der Waals surface area contributed by atoms with E-state index in [0.29, 0.717) is 12.5 Å². The summed E-state index contributed by atoms with van der Waals surface area (Å²) >= 11 is 0. The Hall–Kier alpha value is -2.29. The van der Waals surface area contributed by atoms with Gasteiger partial charge in [0.25, 0.3) is 0 Å². The number of carbonyl (C=O) groups excluding carboxylic acids is 1. The van der Waals surface area contributed by atoms with Crippen molar-refractivity contribution in [3.05, 3.63) is 42.2 Å². The van der Waals surface area contributed by atoms with E-state index < -0.39 is 17.6 Å². The molecule has 0 N–H and O–H groups in total. The van der Waals surface area contributed by atoms with Crippen molar-refractivity contribution < 1.29 is 19.3 Å². The molecule has 0 unspecified atom stereocenters. The SMILES string of the molecule is C[C@@H]1CC[C@H]2[C@@H](C)C(=O)N(Cc3cn(-c4ccccc4)nn3)[C@@H]3O[C@@]4(C)CC[C@@H]1[C@@]23OO4. The fraction of sp³-hybridized carbons (Fsp3) is 0.625. The number of fused-ring (bicyclic) bond motifs is 2. The van der Waals surface area contributed by atoms with Crippen molar-refractivity contribution in [2.24, 2.45) is 23.7 Å². The summed E-state index contributed by atoms with van der Waals surface area (Å²) in [5.41, 5.74) is 1.01. The molecule has 1 aromatic carbocycles. The maximum Gasteiger partial charge on any atom is 0.228 e. The summed E-state index contributed by atoms with van der Waals surface area (Å²) in [5, 5.41) is 8.64. The van der Waals surface area contributed by atoms with Crippen LogP contribution in [0.15, 0.2) is 36.5 Å². The minimum Gasteiger partial charge on any atom is -0.321 e. The molecule has 1 saturated carbocycles. The molecule has 5 fully saturated rings. The number of ether oxygens (including phenoxy) is 1. The van der Waals surface area contributed by atoms with Crippen molar-refractivity contribution in [3.8, 4) is 5.69 Å². The van der Waals surface area contributed by atoms with Gasteiger partial charge in [-0.2, -0.15) is 0 Å². The number of hydrogen-bond donors (Lipinski definition) is 0. The van der Waals surface area contributed by atoms with Crippen LogP contribution in [-0.4, -0.2) is 43.4 Å². The van der Waals surface area contributed by atoms with Gasteiger partial charge in [0.15, 0.2) is 11.8 Å². The van der Waals surface area contributed by atoms with Crippen molar-refractivity contribution >= 4 is 5.91 Å². The van der Waals surface area contributed by atoms with Gasteiger partial charge in [0.2, 0.25) is 11.7 Å². The summed E-state index contributed by atoms with van der Waals surface area (Å²) < 4.78 is 8.31. The number of nitrogens with zero attached hydrogens (tertiary/aromatic N) is 4. The first-order valence-electron chi connectivity index (χ1n) is 11.7. The predicted octanol–water partition coefficient (Wildman–Crippen LogP) is 3.46. The number of benzene rings is 1. The fourth-order valence-electron chi connectivity index (χ4n) is 6.57. The molecular weight excluding hydrogens is 408 g/mol. The number of likely N-dealkylation sites (tertiary alicyclic amines) is 1. The van der Waals surface area contributed by atoms with Gasteiger partial charge < -0.3 is 9.64 Å². The van der Waals surface area contributed by atoms with Crippen LogP contribution in [-0.2, 0) is 25.9 Å². The Kier molecular flexibility index (Phi) is 4.51. The van der Waals surface area contributed by atoms with Gasteiger partial charge in [0.1, 0.15) is 5.69 Å². The highest BCUT2D eigenvalue weighted by Gasteiger charge is 2.70. The molecule has 5 aliphatic rings. The highest BCUT2D eigenvalue weighted by Crippen LogP contribution is 2.60. The number of para-hydroxylation sites is 1. The molecule has 4 aliphatic heterocycles. The van der Waals surface area contributed by atoms with Gasteiger partial charge in [0.05, 0.1) is 18.4 Å². The normalized spacial score (nSPS) is 40.8. The molecule has 7 atom stereocenters. The molecular formula is C24H30N4O4. The predicted molar refractivity (Wildman–Crippen MR) is 114 cm³/mol. The van der Waals surface area contributed by atoms with E-state index in [9.17, 15) is 4.79 Å². The van der Waals surface area contributed by atoms with Crippen molar-refractivity contribution in [1.82, 2.24) is 19.9 Å². The lowest BCUT2D eigenvalue weighted by Crippen LogP contribution is -2.74. The highest BCUT2D eigenvalue weighted by atomic mass is 17.3. The Morgan fingerprint density at radius 2 is 1.91 bits per heavy atom. The van der Waals surface area contributed by atoms with Crippen LogP contribution in [0.2, 0.25) is 0 Å². The van der Waals surface area contributed by atoms with Gasteiger partial charge in [0, 0.05) is 18.3 Å². The first-order valence-corrected chi connectivity index (χ1v) is 11.7. The zero-order valence-corrected chi connectivity index (χ0v) is 18.8. The smallest absolute Gasteiger partial charge is 0.228 e. The molecule has 8 heteroatoms. The minimum absolute atomic E-state index is 0.0834. The lowest BCUT2D eigenvalue weighted by Gasteiger charge is -2.61. The van der Waals surface area contributed by atoms with E-state index in [1.165, 1.54) is 0 Å². The van der Waals surface area contributed by atoms with E-state index in [-0.39, 0.29) is 23.7 Å². The highest BCUT2D eigenvalue weighted by molar-refractivity contribution is 5.80. The quantitative estimate of drug-likeness (QED) is 0.683. The number of amides is 1. The third-order valence-corrected chi connectivity index (χ3v) is 8.25. The molecule has 2 bridgehead atoms. The monoisotopic (exact) mass is 438 g/mol. The molecule has 1 aliphatic carbocycles. The second-order valence-corrected chi connectivity index (χ2v) is 10.2. The van der Waals surface area contributed by atoms with E-state index in [1.807, 2.05) is 55.3 Å². The van der Waals surface area contributed by atoms with E-state index in [2.05, 4.69) is 17.2 Å². The van der Waals surface area contributed by atoms with Crippen molar-refractivity contribution in [1.29, 1.82) is 0 Å². The molecule has 170 valence electrons. The number of piperidine rings is 1.